The van der Waals surface area contributed by atoms with Crippen molar-refractivity contribution in [2.75, 3.05) is 42.1 Å². The van der Waals surface area contributed by atoms with Crippen molar-refractivity contribution >= 4 is 56.9 Å². The lowest BCUT2D eigenvalue weighted by atomic mass is 10.2. The number of carbonyl (C=O) groups excluding carboxylic acids is 3. The summed E-state index contributed by atoms with van der Waals surface area (Å²) in [7, 11) is 0. The lowest BCUT2D eigenvalue weighted by Crippen LogP contribution is -2.42. The van der Waals surface area contributed by atoms with Crippen molar-refractivity contribution in [3.8, 4) is 0 Å². The minimum Gasteiger partial charge on any atom is -0.369 e. The molecular formula is C23H29BrN8O3. The molecule has 4 amide bonds. The normalized spacial score (nSPS) is 17.1. The van der Waals surface area contributed by atoms with Gasteiger partial charge in [-0.1, -0.05) is 6.07 Å². The second-order valence-corrected chi connectivity index (χ2v) is 9.30. The van der Waals surface area contributed by atoms with E-state index in [0.29, 0.717) is 54.3 Å². The number of amides is 4. The number of hydrogen-bond acceptors (Lipinski definition) is 7. The third-order valence-electron chi connectivity index (χ3n) is 5.76. The molecule has 2 aliphatic rings. The minimum absolute atomic E-state index is 0.0802. The fourth-order valence-corrected chi connectivity index (χ4v) is 4.25. The predicted molar refractivity (Wildman–Crippen MR) is 137 cm³/mol. The molecule has 0 bridgehead atoms. The van der Waals surface area contributed by atoms with Crippen LogP contribution in [-0.4, -0.2) is 64.9 Å². The smallest absolute Gasteiger partial charge is 0.321 e. The number of likely N-dealkylation sites (tertiary alicyclic amines) is 1. The topological polar surface area (TPSA) is 140 Å². The number of rotatable bonds is 9. The molecule has 0 spiro atoms. The van der Waals surface area contributed by atoms with Crippen LogP contribution in [0.4, 0.5) is 27.9 Å². The highest BCUT2D eigenvalue weighted by atomic mass is 79.9. The summed E-state index contributed by atoms with van der Waals surface area (Å²) >= 11 is 3.45. The van der Waals surface area contributed by atoms with Gasteiger partial charge in [0.05, 0.1) is 4.47 Å². The number of hydrogen-bond donors (Lipinski definition) is 5. The van der Waals surface area contributed by atoms with Crippen LogP contribution in [0.3, 0.4) is 0 Å². The van der Waals surface area contributed by atoms with Gasteiger partial charge in [-0.05, 0) is 59.8 Å². The first-order valence-corrected chi connectivity index (χ1v) is 12.5. The van der Waals surface area contributed by atoms with Crippen LogP contribution in [0.25, 0.3) is 0 Å². The van der Waals surface area contributed by atoms with Gasteiger partial charge >= 0.3 is 6.03 Å². The van der Waals surface area contributed by atoms with E-state index in [9.17, 15) is 14.4 Å². The molecule has 0 saturated carbocycles. The molecule has 2 fully saturated rings. The lowest BCUT2D eigenvalue weighted by Gasteiger charge is -2.16. The van der Waals surface area contributed by atoms with Crippen LogP contribution in [0.1, 0.15) is 32.1 Å². The van der Waals surface area contributed by atoms with E-state index >= 15 is 0 Å². The number of aromatic nitrogens is 2. The molecule has 12 heteroatoms. The Labute approximate surface area is 212 Å². The summed E-state index contributed by atoms with van der Waals surface area (Å²) in [6, 6.07) is 6.89. The molecule has 3 heterocycles. The van der Waals surface area contributed by atoms with Gasteiger partial charge in [-0.25, -0.2) is 9.78 Å². The van der Waals surface area contributed by atoms with Gasteiger partial charge in [0.15, 0.2) is 0 Å². The van der Waals surface area contributed by atoms with Crippen LogP contribution in [0.5, 0.6) is 0 Å². The highest BCUT2D eigenvalue weighted by Crippen LogP contribution is 2.23. The standard InChI is InChI=1S/C23H29BrN8O3/c24-17-14-27-22(28-15-5-3-6-16(13-15)29-23(35)32-11-1-2-12-32)31-20(17)25-9-4-10-26-21(34)18-7-8-19(33)30-18/h3,5-6,13-14,18H,1-2,4,7-12H2,(H,26,34)(H,29,35)(H,30,33)(H2,25,27,28,31)/t18-/m1/s1. The van der Waals surface area contributed by atoms with Crippen LogP contribution in [0, 0.1) is 0 Å². The van der Waals surface area contributed by atoms with Gasteiger partial charge in [-0.15, -0.1) is 0 Å². The van der Waals surface area contributed by atoms with Crippen LogP contribution in [-0.2, 0) is 9.59 Å². The molecule has 1 atom stereocenters. The summed E-state index contributed by atoms with van der Waals surface area (Å²) in [5.74, 6) is 0.798. The molecule has 0 radical (unpaired) electrons. The number of anilines is 4. The van der Waals surface area contributed by atoms with E-state index < -0.39 is 6.04 Å². The van der Waals surface area contributed by atoms with E-state index in [1.807, 2.05) is 29.2 Å². The summed E-state index contributed by atoms with van der Waals surface area (Å²) in [4.78, 5) is 46.3. The average Bonchev–Trinajstić information content (AvgIpc) is 3.53. The Morgan fingerprint density at radius 3 is 2.74 bits per heavy atom. The average molecular weight is 545 g/mol. The molecule has 0 unspecified atom stereocenters. The van der Waals surface area contributed by atoms with Crippen molar-refractivity contribution in [2.45, 2.75) is 38.1 Å². The maximum absolute atomic E-state index is 12.3. The van der Waals surface area contributed by atoms with Gasteiger partial charge in [0, 0.05) is 50.2 Å². The van der Waals surface area contributed by atoms with Gasteiger partial charge in [0.1, 0.15) is 11.9 Å². The quantitative estimate of drug-likeness (QED) is 0.305. The third kappa shape index (κ3) is 7.04. The second-order valence-electron chi connectivity index (χ2n) is 8.45. The number of urea groups is 1. The summed E-state index contributed by atoms with van der Waals surface area (Å²) in [6.45, 7) is 2.65. The minimum atomic E-state index is -0.424. The van der Waals surface area contributed by atoms with Crippen molar-refractivity contribution in [1.29, 1.82) is 0 Å². The van der Waals surface area contributed by atoms with E-state index in [2.05, 4.69) is 52.5 Å². The highest BCUT2D eigenvalue weighted by Gasteiger charge is 2.26. The maximum atomic E-state index is 12.3. The van der Waals surface area contributed by atoms with Crippen molar-refractivity contribution in [3.05, 3.63) is 34.9 Å². The molecule has 2 aliphatic heterocycles. The zero-order valence-electron chi connectivity index (χ0n) is 19.3. The SMILES string of the molecule is O=C1CC[C@H](C(=O)NCCCNc2nc(Nc3cccc(NC(=O)N4CCCC4)c3)ncc2Br)N1. The molecule has 1 aromatic carbocycles. The van der Waals surface area contributed by atoms with E-state index in [1.54, 1.807) is 6.20 Å². The van der Waals surface area contributed by atoms with Crippen molar-refractivity contribution < 1.29 is 14.4 Å². The highest BCUT2D eigenvalue weighted by molar-refractivity contribution is 9.10. The van der Waals surface area contributed by atoms with Crippen LogP contribution < -0.4 is 26.6 Å². The summed E-state index contributed by atoms with van der Waals surface area (Å²) < 4.78 is 0.715. The monoisotopic (exact) mass is 544 g/mol. The number of nitrogens with zero attached hydrogens (tertiary/aromatic N) is 3. The Morgan fingerprint density at radius 2 is 1.97 bits per heavy atom. The van der Waals surface area contributed by atoms with E-state index in [0.717, 1.165) is 31.6 Å². The molecule has 0 aliphatic carbocycles. The molecule has 4 rings (SSSR count). The molecule has 1 aromatic heterocycles. The molecule has 5 N–H and O–H groups in total. The van der Waals surface area contributed by atoms with Gasteiger partial charge in [0.2, 0.25) is 17.8 Å². The Balaban J connectivity index is 1.25. The first kappa shape index (κ1) is 24.7. The van der Waals surface area contributed by atoms with Crippen molar-refractivity contribution in [2.24, 2.45) is 0 Å². The van der Waals surface area contributed by atoms with E-state index in [-0.39, 0.29) is 17.8 Å². The summed E-state index contributed by atoms with van der Waals surface area (Å²) in [6.07, 6.45) is 5.36. The third-order valence-corrected chi connectivity index (χ3v) is 6.34. The van der Waals surface area contributed by atoms with Gasteiger partial charge in [-0.2, -0.15) is 4.98 Å². The van der Waals surface area contributed by atoms with E-state index in [4.69, 9.17) is 0 Å². The van der Waals surface area contributed by atoms with Crippen LogP contribution in [0.15, 0.2) is 34.9 Å². The second kappa shape index (κ2) is 11.8. The predicted octanol–water partition coefficient (Wildman–Crippen LogP) is 2.81. The summed E-state index contributed by atoms with van der Waals surface area (Å²) in [5, 5.41) is 14.8. The van der Waals surface area contributed by atoms with Crippen LogP contribution >= 0.6 is 15.9 Å². The van der Waals surface area contributed by atoms with E-state index in [1.165, 1.54) is 0 Å². The van der Waals surface area contributed by atoms with Crippen molar-refractivity contribution in [3.63, 3.8) is 0 Å². The van der Waals surface area contributed by atoms with Crippen molar-refractivity contribution in [1.82, 2.24) is 25.5 Å². The zero-order chi connectivity index (χ0) is 24.6. The van der Waals surface area contributed by atoms with Gasteiger partial charge in [-0.3, -0.25) is 9.59 Å². The number of halogens is 1. The van der Waals surface area contributed by atoms with Gasteiger partial charge < -0.3 is 31.5 Å². The number of carbonyl (C=O) groups is 3. The molecular weight excluding hydrogens is 516 g/mol. The lowest BCUT2D eigenvalue weighted by molar-refractivity contribution is -0.125. The Bertz CT molecular complexity index is 1080. The Morgan fingerprint density at radius 1 is 1.17 bits per heavy atom. The molecule has 11 nitrogen and oxygen atoms in total. The zero-order valence-corrected chi connectivity index (χ0v) is 20.9. The molecule has 2 saturated heterocycles. The number of nitrogens with one attached hydrogen (secondary N) is 5. The first-order chi connectivity index (χ1) is 17.0. The Hall–Kier alpha value is -3.41. The molecule has 186 valence electrons. The first-order valence-electron chi connectivity index (χ1n) is 11.7. The molecule has 35 heavy (non-hydrogen) atoms. The summed E-state index contributed by atoms with van der Waals surface area (Å²) in [5.41, 5.74) is 1.45. The van der Waals surface area contributed by atoms with Crippen LogP contribution in [0.2, 0.25) is 0 Å². The fraction of sp³-hybridized carbons (Fsp3) is 0.435. The largest absolute Gasteiger partial charge is 0.369 e. The Kier molecular flexibility index (Phi) is 8.35. The van der Waals surface area contributed by atoms with Gasteiger partial charge in [0.25, 0.3) is 0 Å². The molecule has 2 aromatic rings. The maximum Gasteiger partial charge on any atom is 0.321 e. The number of benzene rings is 1. The fourth-order valence-electron chi connectivity index (χ4n) is 3.92.